The first-order valence-corrected chi connectivity index (χ1v) is 9.52. The highest BCUT2D eigenvalue weighted by Gasteiger charge is 2.29. The predicted molar refractivity (Wildman–Crippen MR) is 108 cm³/mol. The van der Waals surface area contributed by atoms with Gasteiger partial charge in [0.1, 0.15) is 5.76 Å². The largest absolute Gasteiger partial charge is 0.469 e. The van der Waals surface area contributed by atoms with Gasteiger partial charge in [-0.05, 0) is 31.5 Å². The number of ketones is 1. The first-order valence-electron chi connectivity index (χ1n) is 9.52. The smallest absolute Gasteiger partial charge is 0.230 e. The predicted octanol–water partition coefficient (Wildman–Crippen LogP) is 4.29. The van der Waals surface area contributed by atoms with Gasteiger partial charge in [0.05, 0.1) is 28.7 Å². The molecule has 1 unspecified atom stereocenters. The summed E-state index contributed by atoms with van der Waals surface area (Å²) in [5, 5.41) is 4.12. The topological polar surface area (TPSA) is 93.8 Å². The van der Waals surface area contributed by atoms with Crippen LogP contribution in [0.5, 0.6) is 0 Å². The summed E-state index contributed by atoms with van der Waals surface area (Å²) in [6, 6.07) is 9.77. The molecule has 7 heteroatoms. The van der Waals surface area contributed by atoms with Crippen LogP contribution in [0.2, 0.25) is 0 Å². The van der Waals surface area contributed by atoms with Crippen LogP contribution in [-0.4, -0.2) is 25.7 Å². The number of anilines is 2. The first kappa shape index (κ1) is 17.5. The lowest BCUT2D eigenvalue weighted by molar-refractivity contribution is 0.0958. The van der Waals surface area contributed by atoms with Crippen molar-refractivity contribution >= 4 is 28.6 Å². The van der Waals surface area contributed by atoms with Gasteiger partial charge in [-0.25, -0.2) is 19.9 Å². The number of rotatable bonds is 3. The van der Waals surface area contributed by atoms with E-state index in [0.717, 1.165) is 27.9 Å². The minimum absolute atomic E-state index is 0.00503. The maximum atomic E-state index is 12.5. The van der Waals surface area contributed by atoms with Gasteiger partial charge in [0.2, 0.25) is 11.9 Å². The van der Waals surface area contributed by atoms with Crippen LogP contribution in [-0.2, 0) is 6.42 Å². The summed E-state index contributed by atoms with van der Waals surface area (Å²) < 4.78 is 5.50. The van der Waals surface area contributed by atoms with Gasteiger partial charge in [-0.3, -0.25) is 10.1 Å². The summed E-state index contributed by atoms with van der Waals surface area (Å²) in [5.41, 5.74) is 4.15. The number of carbonyl (C=O) groups is 1. The molecule has 0 saturated carbocycles. The van der Waals surface area contributed by atoms with Crippen molar-refractivity contribution in [3.63, 3.8) is 0 Å². The minimum Gasteiger partial charge on any atom is -0.469 e. The summed E-state index contributed by atoms with van der Waals surface area (Å²) in [5.74, 6) is 1.65. The molecule has 1 N–H and O–H groups in total. The van der Waals surface area contributed by atoms with Crippen molar-refractivity contribution in [3.8, 4) is 0 Å². The van der Waals surface area contributed by atoms with Crippen molar-refractivity contribution in [1.29, 1.82) is 0 Å². The monoisotopic (exact) mass is 385 g/mol. The molecule has 3 aromatic heterocycles. The summed E-state index contributed by atoms with van der Waals surface area (Å²) in [7, 11) is 0. The lowest BCUT2D eigenvalue weighted by atomic mass is 9.85. The number of hydrogen-bond acceptors (Lipinski definition) is 7. The minimum atomic E-state index is -0.00503. The number of aryl methyl sites for hydroxylation is 2. The first-order chi connectivity index (χ1) is 14.1. The van der Waals surface area contributed by atoms with Crippen molar-refractivity contribution in [2.45, 2.75) is 32.6 Å². The van der Waals surface area contributed by atoms with Crippen LogP contribution in [0.1, 0.15) is 45.4 Å². The molecule has 4 aromatic rings. The Morgan fingerprint density at radius 3 is 2.76 bits per heavy atom. The lowest BCUT2D eigenvalue weighted by Crippen LogP contribution is -2.21. The molecule has 0 spiro atoms. The van der Waals surface area contributed by atoms with E-state index in [2.05, 4.69) is 25.3 Å². The van der Waals surface area contributed by atoms with Crippen LogP contribution in [0.25, 0.3) is 10.9 Å². The zero-order valence-corrected chi connectivity index (χ0v) is 16.1. The van der Waals surface area contributed by atoms with Crippen LogP contribution >= 0.6 is 0 Å². The number of nitrogens with zero attached hydrogens (tertiary/aromatic N) is 4. The Labute approximate surface area is 167 Å². The molecular formula is C22H19N5O2. The highest BCUT2D eigenvalue weighted by atomic mass is 16.3. The van der Waals surface area contributed by atoms with Gasteiger partial charge in [-0.1, -0.05) is 18.2 Å². The lowest BCUT2D eigenvalue weighted by Gasteiger charge is -2.21. The maximum Gasteiger partial charge on any atom is 0.230 e. The molecule has 0 saturated heterocycles. The van der Waals surface area contributed by atoms with E-state index in [1.807, 2.05) is 44.2 Å². The molecule has 1 aliphatic carbocycles. The van der Waals surface area contributed by atoms with E-state index < -0.39 is 0 Å². The van der Waals surface area contributed by atoms with E-state index in [1.165, 1.54) is 0 Å². The maximum absolute atomic E-state index is 12.5. The number of Topliss-reactive ketones (excluding diaryl/α,β-unsaturated/α-hetero) is 1. The van der Waals surface area contributed by atoms with E-state index in [0.29, 0.717) is 36.0 Å². The molecule has 0 radical (unpaired) electrons. The van der Waals surface area contributed by atoms with E-state index in [9.17, 15) is 4.79 Å². The van der Waals surface area contributed by atoms with Gasteiger partial charge < -0.3 is 4.42 Å². The Morgan fingerprint density at radius 2 is 1.93 bits per heavy atom. The van der Waals surface area contributed by atoms with Gasteiger partial charge in [0.25, 0.3) is 0 Å². The fourth-order valence-electron chi connectivity index (χ4n) is 3.84. The summed E-state index contributed by atoms with van der Waals surface area (Å²) in [6.07, 6.45) is 4.25. The third kappa shape index (κ3) is 3.14. The number of aromatic nitrogens is 4. The van der Waals surface area contributed by atoms with Crippen LogP contribution in [0.3, 0.4) is 0 Å². The number of carbonyl (C=O) groups excluding carboxylic acids is 1. The normalized spacial score (nSPS) is 16.1. The average molecular weight is 385 g/mol. The second kappa shape index (κ2) is 6.77. The van der Waals surface area contributed by atoms with Gasteiger partial charge in [0.15, 0.2) is 5.78 Å². The zero-order valence-electron chi connectivity index (χ0n) is 16.1. The Kier molecular flexibility index (Phi) is 4.08. The molecule has 1 atom stereocenters. The van der Waals surface area contributed by atoms with Crippen LogP contribution in [0.15, 0.2) is 47.2 Å². The molecule has 144 valence electrons. The molecule has 0 bridgehead atoms. The van der Waals surface area contributed by atoms with E-state index >= 15 is 0 Å². The number of benzene rings is 1. The van der Waals surface area contributed by atoms with Gasteiger partial charge >= 0.3 is 0 Å². The Bertz CT molecular complexity index is 1230. The van der Waals surface area contributed by atoms with Gasteiger partial charge in [-0.2, -0.15) is 0 Å². The van der Waals surface area contributed by atoms with Crippen LogP contribution in [0, 0.1) is 13.8 Å². The summed E-state index contributed by atoms with van der Waals surface area (Å²) in [6.45, 7) is 3.98. The van der Waals surface area contributed by atoms with Crippen LogP contribution in [0.4, 0.5) is 11.9 Å². The van der Waals surface area contributed by atoms with Crippen LogP contribution < -0.4 is 5.32 Å². The highest BCUT2D eigenvalue weighted by Crippen LogP contribution is 2.32. The standard InChI is InChI=1S/C22H19N5O2/c1-12-5-3-6-15-13(2)24-22(26-20(12)15)27-21-23-11-16-17(25-21)9-14(10-18(16)28)19-7-4-8-29-19/h3-8,11,14H,9-10H2,1-2H3,(H,23,24,25,26,27). The molecule has 5 rings (SSSR count). The van der Waals surface area contributed by atoms with Gasteiger partial charge in [0, 0.05) is 30.3 Å². The molecule has 29 heavy (non-hydrogen) atoms. The molecular weight excluding hydrogens is 366 g/mol. The molecule has 0 fully saturated rings. The number of nitrogens with one attached hydrogen (secondary N) is 1. The quantitative estimate of drug-likeness (QED) is 0.562. The molecule has 0 amide bonds. The van der Waals surface area contributed by atoms with Crippen molar-refractivity contribution < 1.29 is 9.21 Å². The third-order valence-corrected chi connectivity index (χ3v) is 5.33. The fourth-order valence-corrected chi connectivity index (χ4v) is 3.84. The van der Waals surface area contributed by atoms with E-state index in [1.54, 1.807) is 12.5 Å². The van der Waals surface area contributed by atoms with Gasteiger partial charge in [-0.15, -0.1) is 0 Å². The van der Waals surface area contributed by atoms with Crippen molar-refractivity contribution in [2.75, 3.05) is 5.32 Å². The number of para-hydroxylation sites is 1. The Hall–Kier alpha value is -3.61. The van der Waals surface area contributed by atoms with E-state index in [-0.39, 0.29) is 11.7 Å². The Morgan fingerprint density at radius 1 is 1.03 bits per heavy atom. The highest BCUT2D eigenvalue weighted by molar-refractivity contribution is 5.98. The van der Waals surface area contributed by atoms with Crippen molar-refractivity contribution in [2.24, 2.45) is 0 Å². The summed E-state index contributed by atoms with van der Waals surface area (Å²) in [4.78, 5) is 30.6. The zero-order chi connectivity index (χ0) is 20.0. The molecule has 0 aliphatic heterocycles. The average Bonchev–Trinajstić information content (AvgIpc) is 3.23. The molecule has 1 aromatic carbocycles. The fraction of sp³-hybridized carbons (Fsp3) is 0.227. The second-order valence-corrected chi connectivity index (χ2v) is 7.33. The molecule has 1 aliphatic rings. The second-order valence-electron chi connectivity index (χ2n) is 7.33. The number of hydrogen-bond donors (Lipinski definition) is 1. The third-order valence-electron chi connectivity index (χ3n) is 5.33. The number of furan rings is 1. The van der Waals surface area contributed by atoms with Crippen molar-refractivity contribution in [1.82, 2.24) is 19.9 Å². The molecule has 7 nitrogen and oxygen atoms in total. The van der Waals surface area contributed by atoms with Crippen molar-refractivity contribution in [3.05, 3.63) is 71.1 Å². The Balaban J connectivity index is 1.48. The SMILES string of the molecule is Cc1nc(Nc2ncc3c(n2)CC(c2ccco2)CC3=O)nc2c(C)cccc12. The number of fused-ring (bicyclic) bond motifs is 2. The molecule has 3 heterocycles. The van der Waals surface area contributed by atoms with E-state index in [4.69, 9.17) is 4.42 Å². The summed E-state index contributed by atoms with van der Waals surface area (Å²) >= 11 is 0.